The van der Waals surface area contributed by atoms with Crippen LogP contribution in [0.2, 0.25) is 0 Å². The van der Waals surface area contributed by atoms with E-state index in [-0.39, 0.29) is 5.91 Å². The lowest BCUT2D eigenvalue weighted by atomic mass is 10.4. The zero-order valence-electron chi connectivity index (χ0n) is 9.50. The molecule has 1 heterocycles. The van der Waals surface area contributed by atoms with Crippen molar-refractivity contribution >= 4 is 17.7 Å². The molecule has 1 aromatic heterocycles. The van der Waals surface area contributed by atoms with E-state index in [0.29, 0.717) is 31.3 Å². The fourth-order valence-corrected chi connectivity index (χ4v) is 2.17. The lowest BCUT2D eigenvalue weighted by Crippen LogP contribution is -2.25. The summed E-state index contributed by atoms with van der Waals surface area (Å²) >= 11 is 1.48. The van der Waals surface area contributed by atoms with Crippen molar-refractivity contribution in [3.05, 3.63) is 0 Å². The third-order valence-electron chi connectivity index (χ3n) is 2.34. The Hall–Kier alpha value is -1.15. The van der Waals surface area contributed by atoms with Crippen LogP contribution in [-0.4, -0.2) is 44.5 Å². The van der Waals surface area contributed by atoms with Crippen molar-refractivity contribution in [3.63, 3.8) is 0 Å². The second-order valence-electron chi connectivity index (χ2n) is 3.91. The van der Waals surface area contributed by atoms with Gasteiger partial charge in [0.25, 0.3) is 0 Å². The van der Waals surface area contributed by atoms with Crippen LogP contribution >= 0.6 is 11.8 Å². The molecule has 0 saturated heterocycles. The fraction of sp³-hybridized carbons (Fsp3) is 0.778. The van der Waals surface area contributed by atoms with Gasteiger partial charge in [-0.15, -0.1) is 5.10 Å². The van der Waals surface area contributed by atoms with E-state index in [1.165, 1.54) is 11.8 Å². The lowest BCUT2D eigenvalue weighted by molar-refractivity contribution is -0.120. The summed E-state index contributed by atoms with van der Waals surface area (Å²) in [5.41, 5.74) is 5.44. The molecule has 1 fully saturated rings. The molecule has 1 saturated carbocycles. The van der Waals surface area contributed by atoms with E-state index in [2.05, 4.69) is 20.8 Å². The first-order valence-corrected chi connectivity index (χ1v) is 6.66. The van der Waals surface area contributed by atoms with Crippen molar-refractivity contribution in [1.82, 2.24) is 25.5 Å². The quantitative estimate of drug-likeness (QED) is 0.632. The van der Waals surface area contributed by atoms with E-state index in [0.717, 1.165) is 18.0 Å². The number of thioether (sulfide) groups is 1. The summed E-state index contributed by atoms with van der Waals surface area (Å²) in [6.07, 6.45) is 2.73. The number of aromatic nitrogens is 4. The Morgan fingerprint density at radius 1 is 1.59 bits per heavy atom. The zero-order valence-corrected chi connectivity index (χ0v) is 10.3. The van der Waals surface area contributed by atoms with Crippen LogP contribution in [0, 0.1) is 0 Å². The molecule has 3 N–H and O–H groups in total. The van der Waals surface area contributed by atoms with Gasteiger partial charge in [0.05, 0.1) is 6.54 Å². The van der Waals surface area contributed by atoms with Crippen molar-refractivity contribution in [2.45, 2.75) is 37.0 Å². The molecule has 0 atom stereocenters. The molecule has 7 nitrogen and oxygen atoms in total. The van der Waals surface area contributed by atoms with E-state index in [1.54, 1.807) is 4.68 Å². The lowest BCUT2D eigenvalue weighted by Gasteiger charge is -2.03. The minimum absolute atomic E-state index is 0.109. The minimum atomic E-state index is 0.109. The molecule has 0 aromatic carbocycles. The van der Waals surface area contributed by atoms with Crippen molar-refractivity contribution in [3.8, 4) is 0 Å². The monoisotopic (exact) mass is 256 g/mol. The van der Waals surface area contributed by atoms with Crippen LogP contribution in [0.25, 0.3) is 0 Å². The van der Waals surface area contributed by atoms with Crippen LogP contribution in [0.3, 0.4) is 0 Å². The van der Waals surface area contributed by atoms with E-state index in [1.807, 2.05) is 0 Å². The molecule has 0 aliphatic heterocycles. The molecule has 1 aliphatic carbocycles. The van der Waals surface area contributed by atoms with E-state index >= 15 is 0 Å². The normalized spacial score (nSPS) is 14.9. The molecule has 1 aliphatic rings. The van der Waals surface area contributed by atoms with Gasteiger partial charge in [0, 0.05) is 24.8 Å². The van der Waals surface area contributed by atoms with Crippen molar-refractivity contribution in [1.29, 1.82) is 0 Å². The predicted molar refractivity (Wildman–Crippen MR) is 63.4 cm³/mol. The first-order valence-electron chi connectivity index (χ1n) is 5.68. The topological polar surface area (TPSA) is 98.7 Å². The van der Waals surface area contributed by atoms with E-state index in [9.17, 15) is 4.79 Å². The second-order valence-corrected chi connectivity index (χ2v) is 4.98. The van der Waals surface area contributed by atoms with Gasteiger partial charge in [0.15, 0.2) is 0 Å². The highest BCUT2D eigenvalue weighted by Crippen LogP contribution is 2.19. The van der Waals surface area contributed by atoms with Gasteiger partial charge in [0.1, 0.15) is 0 Å². The maximum atomic E-state index is 11.4. The number of amides is 1. The van der Waals surface area contributed by atoms with Gasteiger partial charge in [-0.25, -0.2) is 4.68 Å². The summed E-state index contributed by atoms with van der Waals surface area (Å²) in [4.78, 5) is 11.4. The maximum Gasteiger partial charge on any atom is 0.221 e. The Morgan fingerprint density at radius 2 is 2.41 bits per heavy atom. The predicted octanol–water partition coefficient (Wildman–Crippen LogP) is -0.607. The highest BCUT2D eigenvalue weighted by molar-refractivity contribution is 7.99. The first kappa shape index (κ1) is 12.3. The third-order valence-corrected chi connectivity index (χ3v) is 3.30. The van der Waals surface area contributed by atoms with E-state index < -0.39 is 0 Å². The van der Waals surface area contributed by atoms with Crippen LogP contribution < -0.4 is 11.1 Å². The SMILES string of the molecule is NCCn1nnnc1SCCC(=O)NC1CC1. The number of nitrogens with zero attached hydrogens (tertiary/aromatic N) is 4. The Kier molecular flexibility index (Phi) is 4.32. The Balaban J connectivity index is 1.69. The highest BCUT2D eigenvalue weighted by atomic mass is 32.2. The summed E-state index contributed by atoms with van der Waals surface area (Å²) in [6, 6.07) is 0.426. The van der Waals surface area contributed by atoms with Crippen LogP contribution in [-0.2, 0) is 11.3 Å². The first-order chi connectivity index (χ1) is 8.29. The summed E-state index contributed by atoms with van der Waals surface area (Å²) < 4.78 is 1.66. The van der Waals surface area contributed by atoms with Crippen molar-refractivity contribution in [2.75, 3.05) is 12.3 Å². The smallest absolute Gasteiger partial charge is 0.221 e. The van der Waals surface area contributed by atoms with Gasteiger partial charge >= 0.3 is 0 Å². The number of rotatable bonds is 7. The Bertz CT molecular complexity index is 377. The molecule has 0 unspecified atom stereocenters. The molecular formula is C9H16N6OS. The van der Waals surface area contributed by atoms with Crippen LogP contribution in [0.15, 0.2) is 5.16 Å². The summed E-state index contributed by atoms with van der Waals surface area (Å²) in [5, 5.41) is 14.9. The Morgan fingerprint density at radius 3 is 3.12 bits per heavy atom. The molecular weight excluding hydrogens is 240 g/mol. The molecule has 0 radical (unpaired) electrons. The number of nitrogens with two attached hydrogens (primary N) is 1. The average molecular weight is 256 g/mol. The van der Waals surface area contributed by atoms with Crippen LogP contribution in [0.4, 0.5) is 0 Å². The van der Waals surface area contributed by atoms with Gasteiger partial charge in [0.2, 0.25) is 11.1 Å². The van der Waals surface area contributed by atoms with Gasteiger partial charge in [-0.2, -0.15) is 0 Å². The van der Waals surface area contributed by atoms with Crippen molar-refractivity contribution in [2.24, 2.45) is 5.73 Å². The molecule has 17 heavy (non-hydrogen) atoms. The number of tetrazole rings is 1. The number of carbonyl (C=O) groups excluding carboxylic acids is 1. The second kappa shape index (κ2) is 5.97. The number of carbonyl (C=O) groups is 1. The molecule has 0 spiro atoms. The summed E-state index contributed by atoms with van der Waals surface area (Å²) in [7, 11) is 0. The van der Waals surface area contributed by atoms with Crippen LogP contribution in [0.1, 0.15) is 19.3 Å². The minimum Gasteiger partial charge on any atom is -0.353 e. The number of hydrogen-bond acceptors (Lipinski definition) is 6. The van der Waals surface area contributed by atoms with Gasteiger partial charge in [-0.05, 0) is 23.3 Å². The summed E-state index contributed by atoms with van der Waals surface area (Å²) in [6.45, 7) is 1.10. The van der Waals surface area contributed by atoms with Gasteiger partial charge in [-0.3, -0.25) is 4.79 Å². The molecule has 2 rings (SSSR count). The molecule has 1 aromatic rings. The molecule has 0 bridgehead atoms. The van der Waals surface area contributed by atoms with Gasteiger partial charge in [-0.1, -0.05) is 11.8 Å². The Labute approximate surface area is 104 Å². The van der Waals surface area contributed by atoms with Gasteiger partial charge < -0.3 is 11.1 Å². The summed E-state index contributed by atoms with van der Waals surface area (Å²) in [5.74, 6) is 0.793. The highest BCUT2D eigenvalue weighted by Gasteiger charge is 2.22. The van der Waals surface area contributed by atoms with E-state index in [4.69, 9.17) is 5.73 Å². The zero-order chi connectivity index (χ0) is 12.1. The standard InChI is InChI=1S/C9H16N6OS/c10-4-5-15-9(12-13-14-15)17-6-3-8(16)11-7-1-2-7/h7H,1-6,10H2,(H,11,16). The fourth-order valence-electron chi connectivity index (χ4n) is 1.32. The molecule has 8 heteroatoms. The van der Waals surface area contributed by atoms with Crippen LogP contribution in [0.5, 0.6) is 0 Å². The van der Waals surface area contributed by atoms with Crippen molar-refractivity contribution < 1.29 is 4.79 Å². The third kappa shape index (κ3) is 3.97. The maximum absolute atomic E-state index is 11.4. The molecule has 1 amide bonds. The number of hydrogen-bond donors (Lipinski definition) is 2. The number of nitrogens with one attached hydrogen (secondary N) is 1. The average Bonchev–Trinajstić information content (AvgIpc) is 3.00. The molecule has 94 valence electrons. The largest absolute Gasteiger partial charge is 0.353 e.